The number of guanidine groups is 1. The fourth-order valence-electron chi connectivity index (χ4n) is 4.09. The molecule has 1 saturated heterocycles. The van der Waals surface area contributed by atoms with Gasteiger partial charge in [0, 0.05) is 65.0 Å². The van der Waals surface area contributed by atoms with E-state index in [-0.39, 0.29) is 29.9 Å². The normalized spacial score (nSPS) is 17.4. The van der Waals surface area contributed by atoms with Crippen LogP contribution < -0.4 is 15.5 Å². The number of piperidine rings is 1. The lowest BCUT2D eigenvalue weighted by Gasteiger charge is -2.32. The number of nitrogens with one attached hydrogen (secondary N) is 2. The van der Waals surface area contributed by atoms with E-state index in [4.69, 9.17) is 4.74 Å². The predicted molar refractivity (Wildman–Crippen MR) is 133 cm³/mol. The Morgan fingerprint density at radius 1 is 1.23 bits per heavy atom. The van der Waals surface area contributed by atoms with Gasteiger partial charge >= 0.3 is 0 Å². The minimum Gasteiger partial charge on any atom is -0.383 e. The fraction of sp³-hybridized carbons (Fsp3) is 0.636. The Bertz CT molecular complexity index is 692. The SMILES string of the molecule is CN=C(NCCCC(=O)N1CCc2ccccc21)NC1CCN(CCOC)CC1.I. The fourth-order valence-corrected chi connectivity index (χ4v) is 4.09. The van der Waals surface area contributed by atoms with Gasteiger partial charge in [0.05, 0.1) is 6.61 Å². The van der Waals surface area contributed by atoms with Gasteiger partial charge in [-0.15, -0.1) is 24.0 Å². The van der Waals surface area contributed by atoms with Gasteiger partial charge in [-0.3, -0.25) is 9.79 Å². The maximum atomic E-state index is 12.6. The van der Waals surface area contributed by atoms with Crippen molar-refractivity contribution in [2.75, 3.05) is 58.4 Å². The summed E-state index contributed by atoms with van der Waals surface area (Å²) in [6.45, 7) is 5.52. The molecule has 0 spiro atoms. The molecule has 2 aliphatic heterocycles. The molecule has 0 bridgehead atoms. The molecule has 1 aromatic rings. The highest BCUT2D eigenvalue weighted by atomic mass is 127. The lowest BCUT2D eigenvalue weighted by Crippen LogP contribution is -2.49. The van der Waals surface area contributed by atoms with Crippen molar-refractivity contribution in [2.45, 2.75) is 38.1 Å². The van der Waals surface area contributed by atoms with Gasteiger partial charge in [0.2, 0.25) is 5.91 Å². The number of aliphatic imine (C=N–C) groups is 1. The molecular formula is C22H36IN5O2. The Morgan fingerprint density at radius 3 is 2.73 bits per heavy atom. The van der Waals surface area contributed by atoms with E-state index in [1.54, 1.807) is 14.2 Å². The molecule has 0 aliphatic carbocycles. The molecule has 1 amide bonds. The van der Waals surface area contributed by atoms with Crippen molar-refractivity contribution < 1.29 is 9.53 Å². The van der Waals surface area contributed by atoms with Crippen LogP contribution in [0, 0.1) is 0 Å². The van der Waals surface area contributed by atoms with Crippen molar-refractivity contribution in [2.24, 2.45) is 4.99 Å². The number of anilines is 1. The van der Waals surface area contributed by atoms with E-state index in [9.17, 15) is 4.79 Å². The zero-order valence-electron chi connectivity index (χ0n) is 18.2. The molecular weight excluding hydrogens is 493 g/mol. The average Bonchev–Trinajstić information content (AvgIpc) is 3.19. The molecule has 0 aromatic heterocycles. The number of ether oxygens (including phenoxy) is 1. The summed E-state index contributed by atoms with van der Waals surface area (Å²) in [6.07, 6.45) is 4.53. The van der Waals surface area contributed by atoms with Crippen LogP contribution in [-0.4, -0.2) is 76.3 Å². The van der Waals surface area contributed by atoms with Crippen molar-refractivity contribution in [3.8, 4) is 0 Å². The highest BCUT2D eigenvalue weighted by Crippen LogP contribution is 2.27. The molecule has 7 nitrogen and oxygen atoms in total. The number of nitrogens with zero attached hydrogens (tertiary/aromatic N) is 3. The van der Waals surface area contributed by atoms with Crippen LogP contribution in [0.1, 0.15) is 31.2 Å². The number of likely N-dealkylation sites (tertiary alicyclic amines) is 1. The van der Waals surface area contributed by atoms with Crippen LogP contribution in [0.25, 0.3) is 0 Å². The van der Waals surface area contributed by atoms with E-state index >= 15 is 0 Å². The molecule has 0 saturated carbocycles. The third-order valence-electron chi connectivity index (χ3n) is 5.81. The lowest BCUT2D eigenvalue weighted by atomic mass is 10.1. The van der Waals surface area contributed by atoms with Crippen molar-refractivity contribution in [3.05, 3.63) is 29.8 Å². The van der Waals surface area contributed by atoms with Crippen LogP contribution in [0.15, 0.2) is 29.3 Å². The number of carbonyl (C=O) groups is 1. The number of para-hydroxylation sites is 1. The van der Waals surface area contributed by atoms with Crippen molar-refractivity contribution >= 4 is 41.5 Å². The van der Waals surface area contributed by atoms with Gasteiger partial charge in [-0.05, 0) is 37.3 Å². The number of rotatable bonds is 8. The van der Waals surface area contributed by atoms with E-state index in [0.29, 0.717) is 12.5 Å². The third kappa shape index (κ3) is 7.09. The summed E-state index contributed by atoms with van der Waals surface area (Å²) in [6, 6.07) is 8.65. The molecule has 2 aliphatic rings. The average molecular weight is 529 g/mol. The summed E-state index contributed by atoms with van der Waals surface area (Å²) in [7, 11) is 3.55. The maximum absolute atomic E-state index is 12.6. The molecule has 1 fully saturated rings. The molecule has 8 heteroatoms. The second kappa shape index (κ2) is 13.1. The minimum atomic E-state index is 0. The van der Waals surface area contributed by atoms with Gasteiger partial charge in [0.1, 0.15) is 0 Å². The number of methoxy groups -OCH3 is 1. The van der Waals surface area contributed by atoms with Crippen LogP contribution in [0.3, 0.4) is 0 Å². The first-order valence-electron chi connectivity index (χ1n) is 10.8. The molecule has 2 N–H and O–H groups in total. The molecule has 0 radical (unpaired) electrons. The molecule has 0 unspecified atom stereocenters. The monoisotopic (exact) mass is 529 g/mol. The lowest BCUT2D eigenvalue weighted by molar-refractivity contribution is -0.118. The Hall–Kier alpha value is -1.39. The second-order valence-electron chi connectivity index (χ2n) is 7.78. The van der Waals surface area contributed by atoms with Gasteiger partial charge in [-0.25, -0.2) is 0 Å². The number of benzene rings is 1. The predicted octanol–water partition coefficient (Wildman–Crippen LogP) is 2.25. The van der Waals surface area contributed by atoms with E-state index in [0.717, 1.165) is 76.7 Å². The van der Waals surface area contributed by atoms with E-state index in [2.05, 4.69) is 26.6 Å². The zero-order chi connectivity index (χ0) is 20.5. The summed E-state index contributed by atoms with van der Waals surface area (Å²) in [5.41, 5.74) is 2.36. The minimum absolute atomic E-state index is 0. The van der Waals surface area contributed by atoms with Gasteiger partial charge in [-0.2, -0.15) is 0 Å². The standard InChI is InChI=1S/C22H35N5O2.HI/c1-23-22(25-19-10-13-26(14-11-19)16-17-29-2)24-12-5-8-21(28)27-15-9-18-6-3-4-7-20(18)27;/h3-4,6-7,19H,5,8-17H2,1-2H3,(H2,23,24,25);1H. The molecule has 3 rings (SSSR count). The summed E-state index contributed by atoms with van der Waals surface area (Å²) in [5, 5.41) is 6.89. The smallest absolute Gasteiger partial charge is 0.227 e. The summed E-state index contributed by atoms with van der Waals surface area (Å²) >= 11 is 0. The molecule has 2 heterocycles. The van der Waals surface area contributed by atoms with Crippen LogP contribution in [0.4, 0.5) is 5.69 Å². The number of hydrogen-bond acceptors (Lipinski definition) is 4. The van der Waals surface area contributed by atoms with Gasteiger partial charge < -0.3 is 25.2 Å². The van der Waals surface area contributed by atoms with Crippen LogP contribution in [-0.2, 0) is 16.0 Å². The molecule has 168 valence electrons. The van der Waals surface area contributed by atoms with Crippen LogP contribution in [0.2, 0.25) is 0 Å². The van der Waals surface area contributed by atoms with Gasteiger partial charge in [0.25, 0.3) is 0 Å². The van der Waals surface area contributed by atoms with Crippen molar-refractivity contribution in [1.82, 2.24) is 15.5 Å². The maximum Gasteiger partial charge on any atom is 0.227 e. The Morgan fingerprint density at radius 2 is 2.00 bits per heavy atom. The number of carbonyl (C=O) groups excluding carboxylic acids is 1. The van der Waals surface area contributed by atoms with E-state index in [1.165, 1.54) is 5.56 Å². The summed E-state index contributed by atoms with van der Waals surface area (Å²) < 4.78 is 5.16. The zero-order valence-corrected chi connectivity index (χ0v) is 20.6. The molecule has 1 aromatic carbocycles. The molecule has 30 heavy (non-hydrogen) atoms. The van der Waals surface area contributed by atoms with Crippen LogP contribution >= 0.6 is 24.0 Å². The number of hydrogen-bond donors (Lipinski definition) is 2. The van der Waals surface area contributed by atoms with Crippen LogP contribution in [0.5, 0.6) is 0 Å². The van der Waals surface area contributed by atoms with Crippen molar-refractivity contribution in [3.63, 3.8) is 0 Å². The van der Waals surface area contributed by atoms with Gasteiger partial charge in [0.15, 0.2) is 5.96 Å². The third-order valence-corrected chi connectivity index (χ3v) is 5.81. The number of fused-ring (bicyclic) bond motifs is 1. The first-order chi connectivity index (χ1) is 14.2. The van der Waals surface area contributed by atoms with E-state index < -0.39 is 0 Å². The van der Waals surface area contributed by atoms with Gasteiger partial charge in [-0.1, -0.05) is 18.2 Å². The van der Waals surface area contributed by atoms with Crippen molar-refractivity contribution in [1.29, 1.82) is 0 Å². The first kappa shape index (κ1) is 24.9. The largest absolute Gasteiger partial charge is 0.383 e. The summed E-state index contributed by atoms with van der Waals surface area (Å²) in [4.78, 5) is 21.3. The first-order valence-corrected chi connectivity index (χ1v) is 10.8. The summed E-state index contributed by atoms with van der Waals surface area (Å²) in [5.74, 6) is 1.04. The number of amides is 1. The quantitative estimate of drug-likeness (QED) is 0.234. The Kier molecular flexibility index (Phi) is 10.9. The Labute approximate surface area is 197 Å². The Balaban J connectivity index is 0.00000320. The van der Waals surface area contributed by atoms with E-state index in [1.807, 2.05) is 23.1 Å². The second-order valence-corrected chi connectivity index (χ2v) is 7.78. The highest BCUT2D eigenvalue weighted by molar-refractivity contribution is 14.0. The molecule has 0 atom stereocenters. The highest BCUT2D eigenvalue weighted by Gasteiger charge is 2.23. The topological polar surface area (TPSA) is 69.2 Å². The number of halogens is 1.